The summed E-state index contributed by atoms with van der Waals surface area (Å²) < 4.78 is 0. The molecule has 0 aromatic heterocycles. The predicted molar refractivity (Wildman–Crippen MR) is 79.3 cm³/mol. The van der Waals surface area contributed by atoms with E-state index in [1.54, 1.807) is 6.07 Å². The minimum atomic E-state index is -0.0284. The second-order valence-corrected chi connectivity index (χ2v) is 5.85. The van der Waals surface area contributed by atoms with Gasteiger partial charge in [-0.15, -0.1) is 0 Å². The second kappa shape index (κ2) is 6.09. The van der Waals surface area contributed by atoms with Crippen LogP contribution >= 0.6 is 0 Å². The molecule has 104 valence electrons. The fourth-order valence-corrected chi connectivity index (χ4v) is 2.82. The predicted octanol–water partition coefficient (Wildman–Crippen LogP) is 3.45. The molecule has 1 saturated carbocycles. The fourth-order valence-electron chi connectivity index (χ4n) is 2.82. The van der Waals surface area contributed by atoms with Crippen LogP contribution in [0.25, 0.3) is 0 Å². The Hall–Kier alpha value is -1.51. The summed E-state index contributed by atoms with van der Waals surface area (Å²) in [7, 11) is 0. The number of hydrogen-bond donors (Lipinski definition) is 2. The Morgan fingerprint density at radius 1 is 1.21 bits per heavy atom. The number of hydrogen-bond acceptors (Lipinski definition) is 2. The molecule has 2 rings (SSSR count). The molecule has 3 N–H and O–H groups in total. The van der Waals surface area contributed by atoms with Gasteiger partial charge in [-0.25, -0.2) is 0 Å². The highest BCUT2D eigenvalue weighted by atomic mass is 16.1. The molecule has 3 heteroatoms. The van der Waals surface area contributed by atoms with Gasteiger partial charge in [-0.05, 0) is 56.4 Å². The molecule has 0 aliphatic heterocycles. The van der Waals surface area contributed by atoms with E-state index in [-0.39, 0.29) is 11.9 Å². The number of amides is 1. The number of rotatable bonds is 3. The fraction of sp³-hybridized carbons (Fsp3) is 0.562. The summed E-state index contributed by atoms with van der Waals surface area (Å²) >= 11 is 0. The van der Waals surface area contributed by atoms with Gasteiger partial charge in [0.05, 0.1) is 0 Å². The quantitative estimate of drug-likeness (QED) is 0.818. The first-order valence-electron chi connectivity index (χ1n) is 7.27. The molecule has 0 unspecified atom stereocenters. The number of nitrogen functional groups attached to an aromatic ring is 1. The van der Waals surface area contributed by atoms with Crippen molar-refractivity contribution in [3.05, 3.63) is 29.3 Å². The molecule has 0 radical (unpaired) electrons. The highest BCUT2D eigenvalue weighted by Crippen LogP contribution is 2.33. The lowest BCUT2D eigenvalue weighted by Gasteiger charge is -2.23. The van der Waals surface area contributed by atoms with E-state index in [0.717, 1.165) is 0 Å². The van der Waals surface area contributed by atoms with Gasteiger partial charge in [0.2, 0.25) is 0 Å². The summed E-state index contributed by atoms with van der Waals surface area (Å²) in [6, 6.07) is 5.96. The lowest BCUT2D eigenvalue weighted by molar-refractivity contribution is 0.0943. The monoisotopic (exact) mass is 260 g/mol. The van der Waals surface area contributed by atoms with Gasteiger partial charge in [0, 0.05) is 17.3 Å². The molecule has 1 aromatic rings. The number of nitrogens with two attached hydrogens (primary N) is 1. The Balaban J connectivity index is 2.21. The zero-order valence-corrected chi connectivity index (χ0v) is 11.9. The van der Waals surface area contributed by atoms with Crippen LogP contribution in [0, 0.1) is 0 Å². The summed E-state index contributed by atoms with van der Waals surface area (Å²) in [5.41, 5.74) is 8.57. The van der Waals surface area contributed by atoms with Crippen LogP contribution in [-0.4, -0.2) is 11.9 Å². The molecule has 19 heavy (non-hydrogen) atoms. The Morgan fingerprint density at radius 2 is 1.89 bits per heavy atom. The topological polar surface area (TPSA) is 55.1 Å². The van der Waals surface area contributed by atoms with E-state index in [1.807, 2.05) is 26.0 Å². The summed E-state index contributed by atoms with van der Waals surface area (Å²) in [4.78, 5) is 12.1. The standard InChI is InChI=1S/C16H24N2O/c1-11(2)18-16(19)14-8-13(9-15(17)10-14)12-6-4-3-5-7-12/h8-12H,3-7,17H2,1-2H3,(H,18,19). The van der Waals surface area contributed by atoms with Crippen molar-refractivity contribution in [3.63, 3.8) is 0 Å². The van der Waals surface area contributed by atoms with Crippen molar-refractivity contribution in [3.8, 4) is 0 Å². The maximum atomic E-state index is 12.1. The van der Waals surface area contributed by atoms with Crippen LogP contribution < -0.4 is 11.1 Å². The van der Waals surface area contributed by atoms with Crippen LogP contribution in [0.1, 0.15) is 67.8 Å². The van der Waals surface area contributed by atoms with Gasteiger partial charge in [0.1, 0.15) is 0 Å². The van der Waals surface area contributed by atoms with Crippen molar-refractivity contribution >= 4 is 11.6 Å². The number of nitrogens with one attached hydrogen (secondary N) is 1. The van der Waals surface area contributed by atoms with Crippen molar-refractivity contribution in [2.24, 2.45) is 0 Å². The van der Waals surface area contributed by atoms with E-state index >= 15 is 0 Å². The van der Waals surface area contributed by atoms with Crippen molar-refractivity contribution in [1.82, 2.24) is 5.32 Å². The van der Waals surface area contributed by atoms with Crippen LogP contribution in [0.3, 0.4) is 0 Å². The molecule has 0 heterocycles. The zero-order chi connectivity index (χ0) is 13.8. The summed E-state index contributed by atoms with van der Waals surface area (Å²) in [6.07, 6.45) is 6.34. The third kappa shape index (κ3) is 3.72. The first-order valence-corrected chi connectivity index (χ1v) is 7.27. The number of benzene rings is 1. The summed E-state index contributed by atoms with van der Waals surface area (Å²) in [6.45, 7) is 3.93. The Labute approximate surface area is 115 Å². The van der Waals surface area contributed by atoms with Crippen LogP contribution in [0.5, 0.6) is 0 Å². The third-order valence-electron chi connectivity index (χ3n) is 3.74. The minimum Gasteiger partial charge on any atom is -0.399 e. The van der Waals surface area contributed by atoms with E-state index in [9.17, 15) is 4.79 Å². The molecular formula is C16H24N2O. The first-order chi connectivity index (χ1) is 9.06. The molecule has 0 atom stereocenters. The van der Waals surface area contributed by atoms with Gasteiger partial charge in [-0.2, -0.15) is 0 Å². The lowest BCUT2D eigenvalue weighted by Crippen LogP contribution is -2.30. The molecule has 1 amide bonds. The molecular weight excluding hydrogens is 236 g/mol. The van der Waals surface area contributed by atoms with Gasteiger partial charge < -0.3 is 11.1 Å². The average Bonchev–Trinajstić information content (AvgIpc) is 2.38. The van der Waals surface area contributed by atoms with E-state index in [1.165, 1.54) is 37.7 Å². The van der Waals surface area contributed by atoms with Crippen molar-refractivity contribution < 1.29 is 4.79 Å². The maximum absolute atomic E-state index is 12.1. The van der Waals surface area contributed by atoms with E-state index < -0.39 is 0 Å². The van der Waals surface area contributed by atoms with Crippen LogP contribution in [0.2, 0.25) is 0 Å². The minimum absolute atomic E-state index is 0.0284. The first kappa shape index (κ1) is 13.9. The second-order valence-electron chi connectivity index (χ2n) is 5.85. The van der Waals surface area contributed by atoms with Crippen molar-refractivity contribution in [2.45, 2.75) is 57.9 Å². The van der Waals surface area contributed by atoms with Crippen LogP contribution in [0.15, 0.2) is 18.2 Å². The van der Waals surface area contributed by atoms with Gasteiger partial charge in [0.15, 0.2) is 0 Å². The summed E-state index contributed by atoms with van der Waals surface area (Å²) in [5.74, 6) is 0.544. The lowest BCUT2D eigenvalue weighted by atomic mass is 9.83. The van der Waals surface area contributed by atoms with Gasteiger partial charge in [-0.1, -0.05) is 19.3 Å². The van der Waals surface area contributed by atoms with Crippen LogP contribution in [0.4, 0.5) is 5.69 Å². The number of carbonyl (C=O) groups excluding carboxylic acids is 1. The Kier molecular flexibility index (Phi) is 4.46. The Bertz CT molecular complexity index is 448. The largest absolute Gasteiger partial charge is 0.399 e. The van der Waals surface area contributed by atoms with Crippen LogP contribution in [-0.2, 0) is 0 Å². The highest BCUT2D eigenvalue weighted by Gasteiger charge is 2.18. The third-order valence-corrected chi connectivity index (χ3v) is 3.74. The number of carbonyl (C=O) groups is 1. The SMILES string of the molecule is CC(C)NC(=O)c1cc(N)cc(C2CCCCC2)c1. The van der Waals surface area contributed by atoms with Gasteiger partial charge in [0.25, 0.3) is 5.91 Å². The molecule has 0 spiro atoms. The van der Waals surface area contributed by atoms with E-state index in [4.69, 9.17) is 5.73 Å². The highest BCUT2D eigenvalue weighted by molar-refractivity contribution is 5.95. The molecule has 0 saturated heterocycles. The normalized spacial score (nSPS) is 16.6. The van der Waals surface area contributed by atoms with Gasteiger partial charge >= 0.3 is 0 Å². The van der Waals surface area contributed by atoms with E-state index in [0.29, 0.717) is 17.2 Å². The number of anilines is 1. The molecule has 1 aliphatic rings. The van der Waals surface area contributed by atoms with Crippen molar-refractivity contribution in [1.29, 1.82) is 0 Å². The Morgan fingerprint density at radius 3 is 2.53 bits per heavy atom. The van der Waals surface area contributed by atoms with E-state index in [2.05, 4.69) is 5.32 Å². The van der Waals surface area contributed by atoms with Crippen molar-refractivity contribution in [2.75, 3.05) is 5.73 Å². The molecule has 0 bridgehead atoms. The smallest absolute Gasteiger partial charge is 0.251 e. The maximum Gasteiger partial charge on any atom is 0.251 e. The molecule has 1 aromatic carbocycles. The molecule has 1 fully saturated rings. The summed E-state index contributed by atoms with van der Waals surface area (Å²) in [5, 5.41) is 2.92. The molecule has 1 aliphatic carbocycles. The zero-order valence-electron chi connectivity index (χ0n) is 11.9. The molecule has 3 nitrogen and oxygen atoms in total. The average molecular weight is 260 g/mol. The van der Waals surface area contributed by atoms with Gasteiger partial charge in [-0.3, -0.25) is 4.79 Å².